The van der Waals surface area contributed by atoms with Crippen molar-refractivity contribution in [3.63, 3.8) is 0 Å². The summed E-state index contributed by atoms with van der Waals surface area (Å²) in [5.74, 6) is -0.873. The van der Waals surface area contributed by atoms with Gasteiger partial charge in [0.2, 0.25) is 5.75 Å². The van der Waals surface area contributed by atoms with E-state index in [1.165, 1.54) is 36.4 Å². The molecule has 0 aliphatic carbocycles. The molecule has 0 fully saturated rings. The third kappa shape index (κ3) is 3.50. The molecule has 0 aromatic heterocycles. The Balaban J connectivity index is 2.38. The summed E-state index contributed by atoms with van der Waals surface area (Å²) >= 11 is 8.90. The van der Waals surface area contributed by atoms with Crippen LogP contribution >= 0.6 is 27.5 Å². The Morgan fingerprint density at radius 1 is 1.29 bits per heavy atom. The molecule has 0 aliphatic rings. The molecular formula is C13H7BrClNO5. The fourth-order valence-electron chi connectivity index (χ4n) is 1.58. The molecule has 1 N–H and O–H groups in total. The summed E-state index contributed by atoms with van der Waals surface area (Å²) in [4.78, 5) is 21.2. The van der Waals surface area contributed by atoms with E-state index in [2.05, 4.69) is 15.9 Å². The maximum atomic E-state index is 10.9. The average molecular weight is 373 g/mol. The number of halogens is 2. The second-order valence-corrected chi connectivity index (χ2v) is 5.21. The van der Waals surface area contributed by atoms with E-state index in [4.69, 9.17) is 21.4 Å². The maximum Gasteiger partial charge on any atom is 0.336 e. The highest BCUT2D eigenvalue weighted by atomic mass is 79.9. The lowest BCUT2D eigenvalue weighted by atomic mass is 10.2. The number of carboxylic acids is 1. The van der Waals surface area contributed by atoms with E-state index in [1.807, 2.05) is 0 Å². The first kappa shape index (κ1) is 15.3. The zero-order valence-electron chi connectivity index (χ0n) is 10.2. The van der Waals surface area contributed by atoms with Gasteiger partial charge in [-0.25, -0.2) is 4.79 Å². The molecule has 0 saturated carbocycles. The van der Waals surface area contributed by atoms with Gasteiger partial charge in [-0.15, -0.1) is 0 Å². The summed E-state index contributed by atoms with van der Waals surface area (Å²) in [7, 11) is 0. The van der Waals surface area contributed by atoms with Gasteiger partial charge in [-0.2, -0.15) is 0 Å². The summed E-state index contributed by atoms with van der Waals surface area (Å²) in [6, 6.07) is 8.08. The fraction of sp³-hybridized carbons (Fsp3) is 0. The van der Waals surface area contributed by atoms with Crippen LogP contribution in [0, 0.1) is 10.1 Å². The number of nitrogens with zero attached hydrogens (tertiary/aromatic N) is 1. The molecule has 2 aromatic carbocycles. The third-order valence-electron chi connectivity index (χ3n) is 2.52. The van der Waals surface area contributed by atoms with Crippen LogP contribution in [-0.2, 0) is 0 Å². The van der Waals surface area contributed by atoms with Gasteiger partial charge < -0.3 is 9.84 Å². The second kappa shape index (κ2) is 6.11. The normalized spacial score (nSPS) is 10.2. The number of nitro benzene ring substituents is 1. The van der Waals surface area contributed by atoms with Crippen LogP contribution < -0.4 is 4.74 Å². The molecule has 0 spiro atoms. The van der Waals surface area contributed by atoms with E-state index >= 15 is 0 Å². The maximum absolute atomic E-state index is 10.9. The molecule has 0 unspecified atom stereocenters. The predicted molar refractivity (Wildman–Crippen MR) is 79.3 cm³/mol. The molecule has 0 aliphatic heterocycles. The van der Waals surface area contributed by atoms with Gasteiger partial charge in [0.15, 0.2) is 0 Å². The largest absolute Gasteiger partial charge is 0.478 e. The first-order valence-corrected chi connectivity index (χ1v) is 6.70. The summed E-state index contributed by atoms with van der Waals surface area (Å²) < 4.78 is 5.72. The summed E-state index contributed by atoms with van der Waals surface area (Å²) in [5, 5.41) is 20.1. The van der Waals surface area contributed by atoms with E-state index in [0.717, 1.165) is 0 Å². The van der Waals surface area contributed by atoms with Gasteiger partial charge in [0.25, 0.3) is 0 Å². The van der Waals surface area contributed by atoms with Crippen molar-refractivity contribution in [2.75, 3.05) is 0 Å². The molecule has 21 heavy (non-hydrogen) atoms. The van der Waals surface area contributed by atoms with Crippen molar-refractivity contribution in [3.05, 3.63) is 61.6 Å². The highest BCUT2D eigenvalue weighted by molar-refractivity contribution is 9.10. The van der Waals surface area contributed by atoms with E-state index in [-0.39, 0.29) is 27.8 Å². The minimum atomic E-state index is -1.10. The van der Waals surface area contributed by atoms with E-state index < -0.39 is 10.9 Å². The molecular weight excluding hydrogens is 366 g/mol. The Labute approximate surface area is 132 Å². The summed E-state index contributed by atoms with van der Waals surface area (Å²) in [6.07, 6.45) is 0. The van der Waals surface area contributed by atoms with Crippen LogP contribution in [0.15, 0.2) is 40.9 Å². The third-order valence-corrected chi connectivity index (χ3v) is 3.41. The van der Waals surface area contributed by atoms with Gasteiger partial charge in [0.05, 0.1) is 10.5 Å². The van der Waals surface area contributed by atoms with E-state index in [1.54, 1.807) is 0 Å². The number of aromatic carboxylic acids is 1. The zero-order chi connectivity index (χ0) is 15.6. The number of hydrogen-bond acceptors (Lipinski definition) is 4. The zero-order valence-corrected chi connectivity index (χ0v) is 12.6. The van der Waals surface area contributed by atoms with Crippen LogP contribution in [0.5, 0.6) is 11.5 Å². The number of carboxylic acid groups (broad SMARTS) is 1. The van der Waals surface area contributed by atoms with Crippen molar-refractivity contribution in [1.29, 1.82) is 0 Å². The molecule has 0 bridgehead atoms. The number of benzene rings is 2. The average Bonchev–Trinajstić information content (AvgIpc) is 2.37. The Morgan fingerprint density at radius 3 is 2.57 bits per heavy atom. The minimum Gasteiger partial charge on any atom is -0.478 e. The van der Waals surface area contributed by atoms with Crippen molar-refractivity contribution >= 4 is 39.2 Å². The molecule has 0 atom stereocenters. The van der Waals surface area contributed by atoms with Crippen molar-refractivity contribution in [1.82, 2.24) is 0 Å². The lowest BCUT2D eigenvalue weighted by Gasteiger charge is -2.08. The van der Waals surface area contributed by atoms with Gasteiger partial charge in [0, 0.05) is 21.6 Å². The van der Waals surface area contributed by atoms with Crippen LogP contribution in [0.4, 0.5) is 5.69 Å². The molecule has 0 radical (unpaired) electrons. The lowest BCUT2D eigenvalue weighted by molar-refractivity contribution is -0.385. The fourth-order valence-corrected chi connectivity index (χ4v) is 2.27. The lowest BCUT2D eigenvalue weighted by Crippen LogP contribution is -1.98. The van der Waals surface area contributed by atoms with Crippen molar-refractivity contribution < 1.29 is 19.6 Å². The van der Waals surface area contributed by atoms with Crippen LogP contribution in [0.1, 0.15) is 10.4 Å². The molecule has 0 amide bonds. The monoisotopic (exact) mass is 371 g/mol. The number of rotatable bonds is 4. The second-order valence-electron chi connectivity index (χ2n) is 3.92. The van der Waals surface area contributed by atoms with Crippen LogP contribution in [0.2, 0.25) is 5.02 Å². The van der Waals surface area contributed by atoms with Gasteiger partial charge in [-0.1, -0.05) is 11.6 Å². The quantitative estimate of drug-likeness (QED) is 0.630. The van der Waals surface area contributed by atoms with Crippen LogP contribution in [-0.4, -0.2) is 16.0 Å². The Kier molecular flexibility index (Phi) is 4.44. The SMILES string of the molecule is O=C(O)c1ccc(Oc2cc(Cl)ccc2[N+](=O)[O-])cc1Br. The minimum absolute atomic E-state index is 0.0255. The van der Waals surface area contributed by atoms with Crippen molar-refractivity contribution in [3.8, 4) is 11.5 Å². The summed E-state index contributed by atoms with van der Waals surface area (Å²) in [5.41, 5.74) is -0.180. The van der Waals surface area contributed by atoms with Gasteiger partial charge in [-0.3, -0.25) is 10.1 Å². The molecule has 0 saturated heterocycles. The van der Waals surface area contributed by atoms with Crippen LogP contribution in [0.25, 0.3) is 0 Å². The highest BCUT2D eigenvalue weighted by Gasteiger charge is 2.17. The number of nitro groups is 1. The molecule has 0 heterocycles. The van der Waals surface area contributed by atoms with E-state index in [9.17, 15) is 14.9 Å². The topological polar surface area (TPSA) is 89.7 Å². The first-order valence-electron chi connectivity index (χ1n) is 5.53. The predicted octanol–water partition coefficient (Wildman–Crippen LogP) is 4.50. The van der Waals surface area contributed by atoms with Crippen LogP contribution in [0.3, 0.4) is 0 Å². The van der Waals surface area contributed by atoms with Crippen molar-refractivity contribution in [2.24, 2.45) is 0 Å². The number of hydrogen-bond donors (Lipinski definition) is 1. The number of carbonyl (C=O) groups is 1. The first-order chi connectivity index (χ1) is 9.88. The Morgan fingerprint density at radius 2 is 2.00 bits per heavy atom. The smallest absolute Gasteiger partial charge is 0.336 e. The van der Waals surface area contributed by atoms with Gasteiger partial charge >= 0.3 is 11.7 Å². The van der Waals surface area contributed by atoms with Crippen molar-refractivity contribution in [2.45, 2.75) is 0 Å². The standard InChI is InChI=1S/C13H7BrClNO5/c14-10-6-8(2-3-9(10)13(17)18)21-12-5-7(15)1-4-11(12)16(19)20/h1-6H,(H,17,18). The molecule has 8 heteroatoms. The molecule has 2 rings (SSSR count). The molecule has 6 nitrogen and oxygen atoms in total. The van der Waals surface area contributed by atoms with Gasteiger partial charge in [0.1, 0.15) is 5.75 Å². The Hall–Kier alpha value is -2.12. The van der Waals surface area contributed by atoms with Gasteiger partial charge in [-0.05, 0) is 40.2 Å². The number of ether oxygens (including phenoxy) is 1. The van der Waals surface area contributed by atoms with E-state index in [0.29, 0.717) is 4.47 Å². The molecule has 2 aromatic rings. The Bertz CT molecular complexity index is 734. The highest BCUT2D eigenvalue weighted by Crippen LogP contribution is 2.35. The summed E-state index contributed by atoms with van der Waals surface area (Å²) in [6.45, 7) is 0. The molecule has 108 valence electrons.